The van der Waals surface area contributed by atoms with Gasteiger partial charge in [-0.15, -0.1) is 10.2 Å². The van der Waals surface area contributed by atoms with Crippen LogP contribution in [0.4, 0.5) is 0 Å². The van der Waals surface area contributed by atoms with Gasteiger partial charge < -0.3 is 4.90 Å². The summed E-state index contributed by atoms with van der Waals surface area (Å²) >= 11 is 1.17. The number of carbonyl (C=O) groups is 1. The molecule has 0 radical (unpaired) electrons. The van der Waals surface area contributed by atoms with E-state index in [4.69, 9.17) is 0 Å². The van der Waals surface area contributed by atoms with Gasteiger partial charge in [-0.2, -0.15) is 0 Å². The second-order valence-electron chi connectivity index (χ2n) is 5.78. The van der Waals surface area contributed by atoms with Gasteiger partial charge in [0.25, 0.3) is 5.91 Å². The smallest absolute Gasteiger partial charge is 0.267 e. The Balaban J connectivity index is 1.46. The van der Waals surface area contributed by atoms with Crippen molar-refractivity contribution in [3.63, 3.8) is 0 Å². The van der Waals surface area contributed by atoms with Crippen LogP contribution >= 0.6 is 11.5 Å². The monoisotopic (exact) mass is 304 g/mol. The third-order valence-electron chi connectivity index (χ3n) is 4.19. The Morgan fingerprint density at radius 3 is 2.90 bits per heavy atom. The summed E-state index contributed by atoms with van der Waals surface area (Å²) in [4.78, 5) is 15.0. The maximum absolute atomic E-state index is 12.4. The SMILES string of the molecule is Cc1nnsc1C(=O)N1CCC(n2cc(C3CC3)nn2)C1. The van der Waals surface area contributed by atoms with Crippen LogP contribution < -0.4 is 0 Å². The molecular formula is C13H16N6OS. The summed E-state index contributed by atoms with van der Waals surface area (Å²) in [6.45, 7) is 3.26. The van der Waals surface area contributed by atoms with E-state index in [1.807, 2.05) is 16.5 Å². The molecule has 1 amide bonds. The topological polar surface area (TPSA) is 76.8 Å². The molecule has 0 aromatic carbocycles. The number of aromatic nitrogens is 5. The van der Waals surface area contributed by atoms with Crippen molar-refractivity contribution in [2.75, 3.05) is 13.1 Å². The van der Waals surface area contributed by atoms with Crippen molar-refractivity contribution in [1.82, 2.24) is 29.5 Å². The lowest BCUT2D eigenvalue weighted by Gasteiger charge is -2.15. The minimum atomic E-state index is 0.0348. The molecule has 4 rings (SSSR count). The molecule has 1 unspecified atom stereocenters. The minimum Gasteiger partial charge on any atom is -0.336 e. The zero-order valence-electron chi connectivity index (χ0n) is 11.8. The van der Waals surface area contributed by atoms with E-state index in [1.165, 1.54) is 24.4 Å². The molecule has 21 heavy (non-hydrogen) atoms. The van der Waals surface area contributed by atoms with Gasteiger partial charge in [0.05, 0.1) is 17.4 Å². The summed E-state index contributed by atoms with van der Waals surface area (Å²) in [5.74, 6) is 0.649. The van der Waals surface area contributed by atoms with Gasteiger partial charge in [-0.1, -0.05) is 9.70 Å². The molecule has 110 valence electrons. The predicted octanol–water partition coefficient (Wildman–Crippen LogP) is 1.40. The van der Waals surface area contributed by atoms with E-state index in [2.05, 4.69) is 26.1 Å². The van der Waals surface area contributed by atoms with Crippen LogP contribution in [0.5, 0.6) is 0 Å². The lowest BCUT2D eigenvalue weighted by Crippen LogP contribution is -2.29. The molecular weight excluding hydrogens is 288 g/mol. The van der Waals surface area contributed by atoms with Crippen LogP contribution in [0.2, 0.25) is 0 Å². The number of hydrogen-bond acceptors (Lipinski definition) is 6. The Kier molecular flexibility index (Phi) is 2.99. The van der Waals surface area contributed by atoms with E-state index in [9.17, 15) is 4.79 Å². The Labute approximate surface area is 126 Å². The molecule has 2 aromatic heterocycles. The fourth-order valence-electron chi connectivity index (χ4n) is 2.75. The normalized spacial score (nSPS) is 22.0. The first-order chi connectivity index (χ1) is 10.2. The number of rotatable bonds is 3. The van der Waals surface area contributed by atoms with E-state index >= 15 is 0 Å². The minimum absolute atomic E-state index is 0.0348. The van der Waals surface area contributed by atoms with Crippen LogP contribution in [0.25, 0.3) is 0 Å². The summed E-state index contributed by atoms with van der Waals surface area (Å²) in [6, 6.07) is 0.232. The number of carbonyl (C=O) groups excluding carboxylic acids is 1. The molecule has 0 bridgehead atoms. The molecule has 1 aliphatic heterocycles. The summed E-state index contributed by atoms with van der Waals surface area (Å²) in [6.07, 6.45) is 5.43. The first kappa shape index (κ1) is 12.9. The van der Waals surface area contributed by atoms with Crippen LogP contribution in [-0.4, -0.2) is 48.5 Å². The first-order valence-electron chi connectivity index (χ1n) is 7.22. The zero-order chi connectivity index (χ0) is 14.4. The molecule has 2 aromatic rings. The fourth-order valence-corrected chi connectivity index (χ4v) is 3.37. The van der Waals surface area contributed by atoms with Gasteiger partial charge in [-0.3, -0.25) is 4.79 Å². The van der Waals surface area contributed by atoms with Crippen LogP contribution in [0, 0.1) is 6.92 Å². The molecule has 7 nitrogen and oxygen atoms in total. The van der Waals surface area contributed by atoms with Gasteiger partial charge in [0.2, 0.25) is 0 Å². The molecule has 1 saturated heterocycles. The molecule has 2 aliphatic rings. The second kappa shape index (κ2) is 4.87. The van der Waals surface area contributed by atoms with Crippen molar-refractivity contribution in [2.24, 2.45) is 0 Å². The average molecular weight is 304 g/mol. The molecule has 1 aliphatic carbocycles. The maximum atomic E-state index is 12.4. The number of aryl methyl sites for hydroxylation is 1. The van der Waals surface area contributed by atoms with E-state index < -0.39 is 0 Å². The van der Waals surface area contributed by atoms with Gasteiger partial charge >= 0.3 is 0 Å². The number of nitrogens with zero attached hydrogens (tertiary/aromatic N) is 6. The third-order valence-corrected chi connectivity index (χ3v) is 5.01. The number of amides is 1. The summed E-state index contributed by atoms with van der Waals surface area (Å²) < 4.78 is 5.77. The largest absolute Gasteiger partial charge is 0.336 e. The third kappa shape index (κ3) is 2.33. The molecule has 3 heterocycles. The van der Waals surface area contributed by atoms with Crippen molar-refractivity contribution >= 4 is 17.4 Å². The lowest BCUT2D eigenvalue weighted by molar-refractivity contribution is 0.0791. The Bertz CT molecular complexity index is 676. The molecule has 1 saturated carbocycles. The van der Waals surface area contributed by atoms with Crippen molar-refractivity contribution in [2.45, 2.75) is 38.1 Å². The first-order valence-corrected chi connectivity index (χ1v) is 7.99. The average Bonchev–Trinajstić information content (AvgIpc) is 2.94. The van der Waals surface area contributed by atoms with E-state index in [-0.39, 0.29) is 11.9 Å². The predicted molar refractivity (Wildman–Crippen MR) is 76.2 cm³/mol. The highest BCUT2D eigenvalue weighted by Gasteiger charge is 2.32. The van der Waals surface area contributed by atoms with Crippen LogP contribution in [0.15, 0.2) is 6.20 Å². The van der Waals surface area contributed by atoms with Gasteiger partial charge in [0.15, 0.2) is 0 Å². The Morgan fingerprint density at radius 1 is 1.33 bits per heavy atom. The van der Waals surface area contributed by atoms with Gasteiger partial charge in [0.1, 0.15) is 4.88 Å². The maximum Gasteiger partial charge on any atom is 0.267 e. The van der Waals surface area contributed by atoms with E-state index in [0.29, 0.717) is 23.0 Å². The van der Waals surface area contributed by atoms with Crippen LogP contribution in [-0.2, 0) is 0 Å². The second-order valence-corrected chi connectivity index (χ2v) is 6.53. The van der Waals surface area contributed by atoms with Crippen LogP contribution in [0.1, 0.15) is 52.3 Å². The van der Waals surface area contributed by atoms with E-state index in [1.54, 1.807) is 0 Å². The molecule has 0 N–H and O–H groups in total. The molecule has 2 fully saturated rings. The fraction of sp³-hybridized carbons (Fsp3) is 0.615. The highest BCUT2D eigenvalue weighted by atomic mass is 32.1. The van der Waals surface area contributed by atoms with Crippen molar-refractivity contribution in [1.29, 1.82) is 0 Å². The Morgan fingerprint density at radius 2 is 2.19 bits per heavy atom. The highest BCUT2D eigenvalue weighted by Crippen LogP contribution is 2.39. The zero-order valence-corrected chi connectivity index (χ0v) is 12.6. The molecule has 0 spiro atoms. The summed E-state index contributed by atoms with van der Waals surface area (Å²) in [5, 5.41) is 12.4. The molecule has 1 atom stereocenters. The quantitative estimate of drug-likeness (QED) is 0.856. The summed E-state index contributed by atoms with van der Waals surface area (Å²) in [5.41, 5.74) is 1.81. The van der Waals surface area contributed by atoms with Gasteiger partial charge in [-0.05, 0) is 37.7 Å². The van der Waals surface area contributed by atoms with Crippen molar-refractivity contribution in [3.8, 4) is 0 Å². The lowest BCUT2D eigenvalue weighted by atomic mass is 10.2. The standard InChI is InChI=1S/C13H16N6OS/c1-8-12(21-17-14-8)13(20)18-5-4-10(6-18)19-7-11(15-16-19)9-2-3-9/h7,9-10H,2-6H2,1H3. The number of hydrogen-bond donors (Lipinski definition) is 0. The van der Waals surface area contributed by atoms with Gasteiger partial charge in [0, 0.05) is 25.2 Å². The van der Waals surface area contributed by atoms with Crippen LogP contribution in [0.3, 0.4) is 0 Å². The Hall–Kier alpha value is -1.83. The van der Waals surface area contributed by atoms with Gasteiger partial charge in [-0.25, -0.2) is 4.68 Å². The number of likely N-dealkylation sites (tertiary alicyclic amines) is 1. The van der Waals surface area contributed by atoms with Crippen molar-refractivity contribution < 1.29 is 4.79 Å². The molecule has 8 heteroatoms. The highest BCUT2D eigenvalue weighted by molar-refractivity contribution is 7.07. The van der Waals surface area contributed by atoms with E-state index in [0.717, 1.165) is 18.7 Å². The summed E-state index contributed by atoms with van der Waals surface area (Å²) in [7, 11) is 0. The van der Waals surface area contributed by atoms with Crippen molar-refractivity contribution in [3.05, 3.63) is 22.5 Å².